The third kappa shape index (κ3) is 5.17. The standard InChI is InChI=1S/C25H28N2O6/c28-15(12-23(29)27-22-11-5-10-20(22)24(30)31)13-26-25(32)33-14-21-18-8-3-1-6-16(18)17-7-2-4-9-19(17)21/h1-4,6-9,15,20-22,28H,5,10-14H2,(H,26,32)(H,27,29)(H,30,31)/t15?,20-,22+/m0/s1. The van der Waals surface area contributed by atoms with E-state index in [-0.39, 0.29) is 25.5 Å². The average molecular weight is 453 g/mol. The second-order valence-electron chi connectivity index (χ2n) is 8.61. The van der Waals surface area contributed by atoms with Gasteiger partial charge in [-0.25, -0.2) is 4.79 Å². The summed E-state index contributed by atoms with van der Waals surface area (Å²) in [6.07, 6.45) is -0.114. The van der Waals surface area contributed by atoms with Crippen LogP contribution in [0.3, 0.4) is 0 Å². The van der Waals surface area contributed by atoms with Crippen LogP contribution in [-0.2, 0) is 14.3 Å². The molecule has 2 aromatic carbocycles. The summed E-state index contributed by atoms with van der Waals surface area (Å²) in [6.45, 7) is 0.0197. The minimum atomic E-state index is -1.10. The number of carbonyl (C=O) groups excluding carboxylic acids is 2. The van der Waals surface area contributed by atoms with Crippen molar-refractivity contribution >= 4 is 18.0 Å². The van der Waals surface area contributed by atoms with Crippen molar-refractivity contribution in [3.8, 4) is 11.1 Å². The molecule has 3 atom stereocenters. The number of alkyl carbamates (subject to hydrolysis) is 1. The number of fused-ring (bicyclic) bond motifs is 3. The van der Waals surface area contributed by atoms with E-state index >= 15 is 0 Å². The van der Waals surface area contributed by atoms with E-state index in [2.05, 4.69) is 22.8 Å². The summed E-state index contributed by atoms with van der Waals surface area (Å²) in [4.78, 5) is 35.6. The molecule has 174 valence electrons. The van der Waals surface area contributed by atoms with Gasteiger partial charge in [-0.2, -0.15) is 0 Å². The molecular weight excluding hydrogens is 424 g/mol. The van der Waals surface area contributed by atoms with Gasteiger partial charge in [-0.05, 0) is 35.1 Å². The number of hydrogen-bond donors (Lipinski definition) is 4. The molecule has 0 aromatic heterocycles. The fourth-order valence-corrected chi connectivity index (χ4v) is 4.83. The highest BCUT2D eigenvalue weighted by Crippen LogP contribution is 2.44. The molecule has 1 unspecified atom stereocenters. The van der Waals surface area contributed by atoms with Gasteiger partial charge in [0.1, 0.15) is 6.61 Å². The molecule has 2 amide bonds. The van der Waals surface area contributed by atoms with Crippen LogP contribution in [0.15, 0.2) is 48.5 Å². The summed E-state index contributed by atoms with van der Waals surface area (Å²) in [7, 11) is 0. The van der Waals surface area contributed by atoms with Gasteiger partial charge in [-0.15, -0.1) is 0 Å². The van der Waals surface area contributed by atoms with Crippen molar-refractivity contribution in [1.29, 1.82) is 0 Å². The molecule has 2 aromatic rings. The zero-order valence-electron chi connectivity index (χ0n) is 18.2. The van der Waals surface area contributed by atoms with Crippen LogP contribution < -0.4 is 10.6 Å². The van der Waals surface area contributed by atoms with Crippen LogP contribution in [-0.4, -0.2) is 53.5 Å². The molecule has 8 heteroatoms. The number of ether oxygens (including phenoxy) is 1. The summed E-state index contributed by atoms with van der Waals surface area (Å²) in [5.74, 6) is -2.01. The predicted octanol–water partition coefficient (Wildman–Crippen LogP) is 2.65. The highest BCUT2D eigenvalue weighted by atomic mass is 16.5. The number of nitrogens with one attached hydrogen (secondary N) is 2. The fraction of sp³-hybridized carbons (Fsp3) is 0.400. The predicted molar refractivity (Wildman–Crippen MR) is 121 cm³/mol. The number of rotatable bonds is 8. The van der Waals surface area contributed by atoms with E-state index in [1.807, 2.05) is 36.4 Å². The molecule has 0 aliphatic heterocycles. The monoisotopic (exact) mass is 452 g/mol. The summed E-state index contributed by atoms with van der Waals surface area (Å²) < 4.78 is 5.42. The van der Waals surface area contributed by atoms with Crippen LogP contribution in [0.2, 0.25) is 0 Å². The number of amides is 2. The van der Waals surface area contributed by atoms with Crippen LogP contribution in [0.5, 0.6) is 0 Å². The fourth-order valence-electron chi connectivity index (χ4n) is 4.83. The first-order valence-corrected chi connectivity index (χ1v) is 11.2. The molecule has 2 aliphatic carbocycles. The lowest BCUT2D eigenvalue weighted by Gasteiger charge is -2.19. The molecule has 0 radical (unpaired) electrons. The molecule has 0 spiro atoms. The number of aliphatic hydroxyl groups excluding tert-OH is 1. The van der Waals surface area contributed by atoms with Crippen molar-refractivity contribution in [3.05, 3.63) is 59.7 Å². The number of aliphatic hydroxyl groups is 1. The molecule has 2 aliphatic rings. The maximum Gasteiger partial charge on any atom is 0.407 e. The van der Waals surface area contributed by atoms with E-state index in [0.717, 1.165) is 28.7 Å². The first-order chi connectivity index (χ1) is 15.9. The van der Waals surface area contributed by atoms with Crippen LogP contribution in [0.25, 0.3) is 11.1 Å². The Morgan fingerprint density at radius 2 is 1.64 bits per heavy atom. The van der Waals surface area contributed by atoms with Crippen molar-refractivity contribution in [1.82, 2.24) is 10.6 Å². The lowest BCUT2D eigenvalue weighted by atomic mass is 9.98. The first kappa shape index (κ1) is 22.8. The van der Waals surface area contributed by atoms with E-state index in [1.54, 1.807) is 0 Å². The van der Waals surface area contributed by atoms with Crippen molar-refractivity contribution in [2.75, 3.05) is 13.2 Å². The number of benzene rings is 2. The maximum absolute atomic E-state index is 12.2. The Bertz CT molecular complexity index is 994. The number of aliphatic carboxylic acids is 1. The van der Waals surface area contributed by atoms with Crippen molar-refractivity contribution < 1.29 is 29.3 Å². The molecule has 1 fully saturated rings. The van der Waals surface area contributed by atoms with E-state index in [4.69, 9.17) is 4.74 Å². The van der Waals surface area contributed by atoms with Gasteiger partial charge in [0.15, 0.2) is 0 Å². The molecule has 0 saturated heterocycles. The SMILES string of the molecule is O=C(CC(O)CNC(=O)OCC1c2ccccc2-c2ccccc21)N[C@@H]1CCC[C@@H]1C(=O)O. The number of carboxylic acid groups (broad SMARTS) is 1. The second-order valence-corrected chi connectivity index (χ2v) is 8.61. The molecule has 33 heavy (non-hydrogen) atoms. The van der Waals surface area contributed by atoms with Crippen molar-refractivity contribution in [3.63, 3.8) is 0 Å². The summed E-state index contributed by atoms with van der Waals surface area (Å²) >= 11 is 0. The Balaban J connectivity index is 1.23. The highest BCUT2D eigenvalue weighted by molar-refractivity contribution is 5.80. The van der Waals surface area contributed by atoms with Gasteiger partial charge < -0.3 is 25.6 Å². The average Bonchev–Trinajstić information content (AvgIpc) is 3.39. The second kappa shape index (κ2) is 10.0. The number of hydrogen-bond acceptors (Lipinski definition) is 5. The van der Waals surface area contributed by atoms with Gasteiger partial charge in [-0.3, -0.25) is 9.59 Å². The Kier molecular flexibility index (Phi) is 6.93. The maximum atomic E-state index is 12.2. The highest BCUT2D eigenvalue weighted by Gasteiger charge is 2.34. The Morgan fingerprint density at radius 1 is 1.00 bits per heavy atom. The molecule has 0 bridgehead atoms. The summed E-state index contributed by atoms with van der Waals surface area (Å²) in [5, 5.41) is 24.5. The largest absolute Gasteiger partial charge is 0.481 e. The van der Waals surface area contributed by atoms with E-state index < -0.39 is 36.0 Å². The topological polar surface area (TPSA) is 125 Å². The van der Waals surface area contributed by atoms with Crippen molar-refractivity contribution in [2.24, 2.45) is 5.92 Å². The number of carbonyl (C=O) groups is 3. The third-order valence-electron chi connectivity index (χ3n) is 6.43. The molecular formula is C25H28N2O6. The lowest BCUT2D eigenvalue weighted by Crippen LogP contribution is -2.42. The van der Waals surface area contributed by atoms with Crippen molar-refractivity contribution in [2.45, 2.75) is 43.7 Å². The van der Waals surface area contributed by atoms with Crippen LogP contribution in [0.1, 0.15) is 42.7 Å². The quantitative estimate of drug-likeness (QED) is 0.488. The van der Waals surface area contributed by atoms with E-state index in [9.17, 15) is 24.6 Å². The zero-order valence-corrected chi connectivity index (χ0v) is 18.2. The normalized spacial score (nSPS) is 19.9. The van der Waals surface area contributed by atoms with Gasteiger partial charge in [0.05, 0.1) is 18.4 Å². The van der Waals surface area contributed by atoms with Gasteiger partial charge >= 0.3 is 12.1 Å². The van der Waals surface area contributed by atoms with Gasteiger partial charge in [0.2, 0.25) is 5.91 Å². The Labute approximate surface area is 192 Å². The molecule has 0 heterocycles. The van der Waals surface area contributed by atoms with Gasteiger partial charge in [0.25, 0.3) is 0 Å². The van der Waals surface area contributed by atoms with E-state index in [0.29, 0.717) is 12.8 Å². The zero-order chi connectivity index (χ0) is 23.4. The third-order valence-corrected chi connectivity index (χ3v) is 6.43. The van der Waals surface area contributed by atoms with Gasteiger partial charge in [0, 0.05) is 18.5 Å². The number of carboxylic acids is 1. The first-order valence-electron chi connectivity index (χ1n) is 11.2. The van der Waals surface area contributed by atoms with Crippen LogP contribution in [0.4, 0.5) is 4.79 Å². The molecule has 8 nitrogen and oxygen atoms in total. The molecule has 4 rings (SSSR count). The summed E-state index contributed by atoms with van der Waals surface area (Å²) in [6, 6.07) is 15.6. The minimum Gasteiger partial charge on any atom is -0.481 e. The van der Waals surface area contributed by atoms with Crippen LogP contribution in [0, 0.1) is 5.92 Å². The Morgan fingerprint density at radius 3 is 2.27 bits per heavy atom. The van der Waals surface area contributed by atoms with Crippen LogP contribution >= 0.6 is 0 Å². The molecule has 4 N–H and O–H groups in total. The molecule has 1 saturated carbocycles. The van der Waals surface area contributed by atoms with Gasteiger partial charge in [-0.1, -0.05) is 55.0 Å². The smallest absolute Gasteiger partial charge is 0.407 e. The Hall–Kier alpha value is -3.39. The van der Waals surface area contributed by atoms with E-state index in [1.165, 1.54) is 0 Å². The summed E-state index contributed by atoms with van der Waals surface area (Å²) in [5.41, 5.74) is 4.48. The lowest BCUT2D eigenvalue weighted by molar-refractivity contribution is -0.142. The minimum absolute atomic E-state index is 0.0626.